The molecule has 1 aromatic carbocycles. The van der Waals surface area contributed by atoms with E-state index in [0.29, 0.717) is 39.0 Å². The van der Waals surface area contributed by atoms with Crippen molar-refractivity contribution in [2.24, 2.45) is 5.92 Å². The van der Waals surface area contributed by atoms with E-state index in [1.807, 2.05) is 0 Å². The number of halogens is 2. The fourth-order valence-corrected chi connectivity index (χ4v) is 6.81. The first kappa shape index (κ1) is 17.9. The Morgan fingerprint density at radius 2 is 1.92 bits per heavy atom. The van der Waals surface area contributed by atoms with Gasteiger partial charge in [-0.2, -0.15) is 0 Å². The van der Waals surface area contributed by atoms with Crippen molar-refractivity contribution in [1.29, 1.82) is 0 Å². The van der Waals surface area contributed by atoms with Gasteiger partial charge in [-0.25, -0.2) is 17.2 Å². The highest BCUT2D eigenvalue weighted by Crippen LogP contribution is 2.41. The molecule has 3 fully saturated rings. The van der Waals surface area contributed by atoms with Crippen molar-refractivity contribution in [1.82, 2.24) is 4.90 Å². The summed E-state index contributed by atoms with van der Waals surface area (Å²) in [5, 5.41) is -0.513. The van der Waals surface area contributed by atoms with Crippen LogP contribution in [0.25, 0.3) is 0 Å². The van der Waals surface area contributed by atoms with Crippen LogP contribution in [0.15, 0.2) is 18.2 Å². The average molecular weight is 385 g/mol. The molecule has 2 atom stereocenters. The molecular formula is C18H21F2NO4S. The molecule has 3 aliphatic heterocycles. The number of ether oxygens (including phenoxy) is 1. The number of likely N-dealkylation sites (tertiary alicyclic amines) is 1. The lowest BCUT2D eigenvalue weighted by atomic mass is 9.72. The summed E-state index contributed by atoms with van der Waals surface area (Å²) in [5.74, 6) is -1.57. The van der Waals surface area contributed by atoms with Gasteiger partial charge >= 0.3 is 0 Å². The van der Waals surface area contributed by atoms with Gasteiger partial charge in [0, 0.05) is 37.9 Å². The molecule has 3 saturated heterocycles. The number of fused-ring (bicyclic) bond motifs is 1. The molecule has 142 valence electrons. The lowest BCUT2D eigenvalue weighted by Gasteiger charge is -2.39. The van der Waals surface area contributed by atoms with Crippen LogP contribution in [0.4, 0.5) is 8.78 Å². The highest BCUT2D eigenvalue weighted by molar-refractivity contribution is 7.92. The van der Waals surface area contributed by atoms with Gasteiger partial charge in [0.1, 0.15) is 11.6 Å². The zero-order chi connectivity index (χ0) is 18.5. The van der Waals surface area contributed by atoms with E-state index in [1.165, 1.54) is 6.07 Å². The summed E-state index contributed by atoms with van der Waals surface area (Å²) in [5.41, 5.74) is -0.953. The second-order valence-corrected chi connectivity index (χ2v) is 9.82. The van der Waals surface area contributed by atoms with E-state index in [1.54, 1.807) is 4.90 Å². The number of benzene rings is 1. The fourth-order valence-electron chi connectivity index (χ4n) is 4.66. The van der Waals surface area contributed by atoms with Crippen molar-refractivity contribution in [3.05, 3.63) is 35.4 Å². The topological polar surface area (TPSA) is 63.7 Å². The lowest BCUT2D eigenvalue weighted by Crippen LogP contribution is -2.50. The van der Waals surface area contributed by atoms with Gasteiger partial charge in [0.15, 0.2) is 9.84 Å². The van der Waals surface area contributed by atoms with Gasteiger partial charge in [0.2, 0.25) is 5.91 Å². The van der Waals surface area contributed by atoms with E-state index in [-0.39, 0.29) is 29.7 Å². The third-order valence-electron chi connectivity index (χ3n) is 6.11. The van der Waals surface area contributed by atoms with Gasteiger partial charge < -0.3 is 9.64 Å². The highest BCUT2D eigenvalue weighted by atomic mass is 32.2. The van der Waals surface area contributed by atoms with Gasteiger partial charge in [0.05, 0.1) is 16.4 Å². The van der Waals surface area contributed by atoms with E-state index in [9.17, 15) is 22.0 Å². The maximum absolute atomic E-state index is 14.5. The molecule has 0 spiro atoms. The Hall–Kier alpha value is -1.54. The largest absolute Gasteiger partial charge is 0.381 e. The summed E-state index contributed by atoms with van der Waals surface area (Å²) >= 11 is 0. The van der Waals surface area contributed by atoms with Gasteiger partial charge in [-0.15, -0.1) is 0 Å². The standard InChI is InChI=1S/C18H21F2NO4S/c19-13-1-2-14(15(20)9-13)18(4-6-25-7-5-18)17(22)21-10-12-3-8-26(23,24)16(12)11-21/h1-2,9,12,16H,3-8,10-11H2/t12-,16+/m0/s1. The van der Waals surface area contributed by atoms with Gasteiger partial charge in [-0.3, -0.25) is 4.79 Å². The number of hydrogen-bond donors (Lipinski definition) is 0. The number of hydrogen-bond acceptors (Lipinski definition) is 4. The molecule has 26 heavy (non-hydrogen) atoms. The van der Waals surface area contributed by atoms with Crippen molar-refractivity contribution in [2.45, 2.75) is 29.9 Å². The Labute approximate surface area is 151 Å². The number of carbonyl (C=O) groups excluding carboxylic acids is 1. The Kier molecular flexibility index (Phi) is 4.30. The van der Waals surface area contributed by atoms with Crippen LogP contribution in [0.3, 0.4) is 0 Å². The second-order valence-electron chi connectivity index (χ2n) is 7.48. The van der Waals surface area contributed by atoms with Crippen LogP contribution >= 0.6 is 0 Å². The smallest absolute Gasteiger partial charge is 0.233 e. The fraction of sp³-hybridized carbons (Fsp3) is 0.611. The van der Waals surface area contributed by atoms with Crippen LogP contribution in [0.5, 0.6) is 0 Å². The molecule has 1 aromatic rings. The van der Waals surface area contributed by atoms with Crippen molar-refractivity contribution in [3.8, 4) is 0 Å². The Morgan fingerprint density at radius 3 is 2.58 bits per heavy atom. The van der Waals surface area contributed by atoms with Crippen LogP contribution in [-0.2, 0) is 24.8 Å². The molecule has 8 heteroatoms. The normalized spacial score (nSPS) is 29.5. The molecule has 0 radical (unpaired) electrons. The summed E-state index contributed by atoms with van der Waals surface area (Å²) in [6.07, 6.45) is 1.16. The highest BCUT2D eigenvalue weighted by Gasteiger charge is 2.52. The summed E-state index contributed by atoms with van der Waals surface area (Å²) in [6, 6.07) is 3.29. The van der Waals surface area contributed by atoms with Crippen molar-refractivity contribution in [2.75, 3.05) is 32.1 Å². The van der Waals surface area contributed by atoms with Crippen LogP contribution in [0.1, 0.15) is 24.8 Å². The van der Waals surface area contributed by atoms with E-state index in [2.05, 4.69) is 0 Å². The number of carbonyl (C=O) groups is 1. The summed E-state index contributed by atoms with van der Waals surface area (Å²) in [4.78, 5) is 15.0. The molecule has 0 N–H and O–H groups in total. The third kappa shape index (κ3) is 2.74. The molecule has 0 unspecified atom stereocenters. The molecule has 3 aliphatic rings. The molecule has 5 nitrogen and oxygen atoms in total. The zero-order valence-electron chi connectivity index (χ0n) is 14.3. The predicted octanol–water partition coefficient (Wildman–Crippen LogP) is 1.66. The minimum absolute atomic E-state index is 0.0427. The molecular weight excluding hydrogens is 364 g/mol. The zero-order valence-corrected chi connectivity index (χ0v) is 15.1. The monoisotopic (exact) mass is 385 g/mol. The quantitative estimate of drug-likeness (QED) is 0.777. The Balaban J connectivity index is 1.68. The molecule has 0 bridgehead atoms. The SMILES string of the molecule is O=C(N1C[C@@H]2CCS(=O)(=O)[C@@H]2C1)C1(c2ccc(F)cc2F)CCOCC1. The summed E-state index contributed by atoms with van der Waals surface area (Å²) in [6.45, 7) is 1.16. The van der Waals surface area contributed by atoms with Crippen molar-refractivity contribution >= 4 is 15.7 Å². The maximum atomic E-state index is 14.5. The molecule has 1 amide bonds. The number of rotatable bonds is 2. The third-order valence-corrected chi connectivity index (χ3v) is 8.37. The van der Waals surface area contributed by atoms with Gasteiger partial charge in [0.25, 0.3) is 0 Å². The number of amides is 1. The van der Waals surface area contributed by atoms with Crippen molar-refractivity contribution in [3.63, 3.8) is 0 Å². The Bertz CT molecular complexity index is 836. The first-order valence-electron chi connectivity index (χ1n) is 8.88. The summed E-state index contributed by atoms with van der Waals surface area (Å²) < 4.78 is 57.6. The minimum Gasteiger partial charge on any atom is -0.381 e. The van der Waals surface area contributed by atoms with Gasteiger partial charge in [-0.1, -0.05) is 6.07 Å². The first-order chi connectivity index (χ1) is 12.3. The summed E-state index contributed by atoms with van der Waals surface area (Å²) in [7, 11) is -3.16. The number of sulfone groups is 1. The molecule has 0 saturated carbocycles. The molecule has 0 aromatic heterocycles. The van der Waals surface area contributed by atoms with E-state index < -0.39 is 32.1 Å². The molecule has 3 heterocycles. The van der Waals surface area contributed by atoms with Crippen molar-refractivity contribution < 1.29 is 26.7 Å². The average Bonchev–Trinajstić information content (AvgIpc) is 3.16. The van der Waals surface area contributed by atoms with Crippen LogP contribution in [-0.4, -0.2) is 56.5 Å². The van der Waals surface area contributed by atoms with Crippen LogP contribution in [0, 0.1) is 17.6 Å². The number of nitrogens with zero attached hydrogens (tertiary/aromatic N) is 1. The Morgan fingerprint density at radius 1 is 1.19 bits per heavy atom. The minimum atomic E-state index is -3.16. The van der Waals surface area contributed by atoms with Gasteiger partial charge in [-0.05, 0) is 31.2 Å². The van der Waals surface area contributed by atoms with E-state index in [0.717, 1.165) is 12.1 Å². The molecule has 0 aliphatic carbocycles. The first-order valence-corrected chi connectivity index (χ1v) is 10.6. The molecule has 4 rings (SSSR count). The second kappa shape index (κ2) is 6.27. The lowest BCUT2D eigenvalue weighted by molar-refractivity contribution is -0.140. The maximum Gasteiger partial charge on any atom is 0.233 e. The van der Waals surface area contributed by atoms with E-state index in [4.69, 9.17) is 4.74 Å². The van der Waals surface area contributed by atoms with E-state index >= 15 is 0 Å². The van der Waals surface area contributed by atoms with Crippen LogP contribution < -0.4 is 0 Å². The predicted molar refractivity (Wildman–Crippen MR) is 90.4 cm³/mol. The van der Waals surface area contributed by atoms with Crippen LogP contribution in [0.2, 0.25) is 0 Å².